The molecule has 2 aliphatic rings. The highest BCUT2D eigenvalue weighted by Gasteiger charge is 2.54. The Balaban J connectivity index is 0.00000161. The third-order valence-corrected chi connectivity index (χ3v) is 4.53. The van der Waals surface area contributed by atoms with Gasteiger partial charge in [0, 0.05) is 5.92 Å². The predicted molar refractivity (Wildman–Crippen MR) is 72.3 cm³/mol. The fraction of sp³-hybridized carbons (Fsp3) is 0.625. The second-order valence-electron chi connectivity index (χ2n) is 5.81. The Kier molecular flexibility index (Phi) is 4.34. The van der Waals surface area contributed by atoms with Crippen molar-refractivity contribution in [2.24, 2.45) is 11.8 Å². The van der Waals surface area contributed by atoms with Crippen molar-refractivity contribution < 1.29 is 22.3 Å². The molecule has 1 heterocycles. The molecule has 21 heavy (non-hydrogen) atoms. The number of hydrogen-bond donors (Lipinski definition) is 0. The van der Waals surface area contributed by atoms with Crippen molar-refractivity contribution in [2.45, 2.75) is 45.6 Å². The second kappa shape index (κ2) is 5.59. The van der Waals surface area contributed by atoms with E-state index in [9.17, 15) is 17.6 Å². The van der Waals surface area contributed by atoms with Crippen molar-refractivity contribution in [3.8, 4) is 0 Å². The van der Waals surface area contributed by atoms with E-state index in [2.05, 4.69) is 0 Å². The van der Waals surface area contributed by atoms with Gasteiger partial charge in [0.1, 0.15) is 0 Å². The van der Waals surface area contributed by atoms with Crippen LogP contribution in [0.15, 0.2) is 12.1 Å². The number of halogens is 4. The van der Waals surface area contributed by atoms with E-state index in [1.165, 1.54) is 6.07 Å². The second-order valence-corrected chi connectivity index (χ2v) is 5.81. The van der Waals surface area contributed by atoms with Gasteiger partial charge < -0.3 is 4.74 Å². The van der Waals surface area contributed by atoms with Crippen LogP contribution in [0.25, 0.3) is 0 Å². The number of hydrogen-bond acceptors (Lipinski definition) is 1. The lowest BCUT2D eigenvalue weighted by molar-refractivity contribution is -0.112. The average molecular weight is 304 g/mol. The quantitative estimate of drug-likeness (QED) is 0.685. The van der Waals surface area contributed by atoms with Crippen molar-refractivity contribution >= 4 is 0 Å². The summed E-state index contributed by atoms with van der Waals surface area (Å²) in [6, 6.07) is 2.19. The minimum Gasteiger partial charge on any atom is -0.378 e. The molecule has 3 rings (SSSR count). The molecule has 0 amide bonds. The van der Waals surface area contributed by atoms with E-state index in [1.807, 2.05) is 6.92 Å². The van der Waals surface area contributed by atoms with E-state index in [-0.39, 0.29) is 38.0 Å². The highest BCUT2D eigenvalue weighted by Crippen LogP contribution is 2.51. The van der Waals surface area contributed by atoms with Gasteiger partial charge in [-0.3, -0.25) is 0 Å². The van der Waals surface area contributed by atoms with Crippen LogP contribution in [-0.2, 0) is 17.1 Å². The molecule has 1 saturated heterocycles. The molecule has 5 heteroatoms. The zero-order chi connectivity index (χ0) is 14.5. The van der Waals surface area contributed by atoms with Crippen LogP contribution in [0.4, 0.5) is 17.6 Å². The highest BCUT2D eigenvalue weighted by molar-refractivity contribution is 5.39. The summed E-state index contributed by atoms with van der Waals surface area (Å²) in [7, 11) is 0. The van der Waals surface area contributed by atoms with Crippen LogP contribution in [0, 0.1) is 23.5 Å². The lowest BCUT2D eigenvalue weighted by Crippen LogP contribution is -2.36. The largest absolute Gasteiger partial charge is 0.378 e. The summed E-state index contributed by atoms with van der Waals surface area (Å²) in [5.41, 5.74) is -0.529. The molecule has 0 radical (unpaired) electrons. The van der Waals surface area contributed by atoms with E-state index in [0.717, 1.165) is 12.5 Å². The molecule has 3 atom stereocenters. The number of fused-ring (bicyclic) bond motifs is 1. The fourth-order valence-electron chi connectivity index (χ4n) is 3.35. The Bertz CT molecular complexity index is 521. The number of rotatable bonds is 1. The first-order valence-corrected chi connectivity index (χ1v) is 6.88. The first-order valence-electron chi connectivity index (χ1n) is 6.88. The van der Waals surface area contributed by atoms with Gasteiger partial charge in [-0.25, -0.2) is 17.6 Å². The van der Waals surface area contributed by atoms with E-state index < -0.39 is 29.0 Å². The van der Waals surface area contributed by atoms with E-state index in [0.29, 0.717) is 6.42 Å². The third kappa shape index (κ3) is 2.56. The van der Waals surface area contributed by atoms with Crippen molar-refractivity contribution in [1.82, 2.24) is 0 Å². The summed E-state index contributed by atoms with van der Waals surface area (Å²) >= 11 is 0. The molecule has 0 aromatic heterocycles. The smallest absolute Gasteiger partial charge is 0.279 e. The third-order valence-electron chi connectivity index (χ3n) is 4.53. The van der Waals surface area contributed by atoms with Crippen molar-refractivity contribution in [1.29, 1.82) is 0 Å². The highest BCUT2D eigenvalue weighted by atomic mass is 19.3. The Labute approximate surface area is 122 Å². The van der Waals surface area contributed by atoms with Gasteiger partial charge in [-0.05, 0) is 43.7 Å². The molecule has 1 aliphatic carbocycles. The first kappa shape index (κ1) is 16.3. The van der Waals surface area contributed by atoms with Crippen molar-refractivity contribution in [3.63, 3.8) is 0 Å². The average Bonchev–Trinajstić information content (AvgIpc) is 2.67. The standard InChI is InChI=1S/C15H16F4O.CH4/c1-8-2-3-10(7-20-8)11-6-9-4-5-12(16)14(17)13(9)15(11,18)19;/h4-5,8,10-11H,2-3,6-7H2,1H3;1H4. The molecule has 1 fully saturated rings. The summed E-state index contributed by atoms with van der Waals surface area (Å²) in [6.45, 7) is 2.17. The Morgan fingerprint density at radius 3 is 2.52 bits per heavy atom. The fourth-order valence-corrected chi connectivity index (χ4v) is 3.35. The van der Waals surface area contributed by atoms with Crippen molar-refractivity contribution in [2.75, 3.05) is 6.61 Å². The van der Waals surface area contributed by atoms with E-state index >= 15 is 0 Å². The molecule has 0 spiro atoms. The van der Waals surface area contributed by atoms with Crippen LogP contribution in [0.2, 0.25) is 0 Å². The van der Waals surface area contributed by atoms with Gasteiger partial charge in [0.05, 0.1) is 18.3 Å². The van der Waals surface area contributed by atoms with Crippen LogP contribution in [-0.4, -0.2) is 12.7 Å². The first-order chi connectivity index (χ1) is 9.41. The molecule has 1 aromatic rings. The number of ether oxygens (including phenoxy) is 1. The van der Waals surface area contributed by atoms with Gasteiger partial charge in [0.15, 0.2) is 11.6 Å². The molecule has 3 unspecified atom stereocenters. The minimum atomic E-state index is -3.32. The minimum absolute atomic E-state index is 0. The van der Waals surface area contributed by atoms with Crippen LogP contribution in [0.3, 0.4) is 0 Å². The molecule has 0 N–H and O–H groups in total. The summed E-state index contributed by atoms with van der Waals surface area (Å²) in [5, 5.41) is 0. The Morgan fingerprint density at radius 2 is 1.90 bits per heavy atom. The Hall–Kier alpha value is -1.10. The van der Waals surface area contributed by atoms with Gasteiger partial charge in [-0.15, -0.1) is 0 Å². The van der Waals surface area contributed by atoms with Gasteiger partial charge in [-0.2, -0.15) is 0 Å². The van der Waals surface area contributed by atoms with Crippen LogP contribution in [0.1, 0.15) is 38.3 Å². The molecule has 118 valence electrons. The van der Waals surface area contributed by atoms with Gasteiger partial charge in [0.2, 0.25) is 0 Å². The molecule has 0 bridgehead atoms. The molecular formula is C16H20F4O. The topological polar surface area (TPSA) is 9.23 Å². The monoisotopic (exact) mass is 304 g/mol. The molecule has 1 aliphatic heterocycles. The van der Waals surface area contributed by atoms with Crippen LogP contribution < -0.4 is 0 Å². The number of benzene rings is 1. The van der Waals surface area contributed by atoms with Gasteiger partial charge in [-0.1, -0.05) is 13.5 Å². The number of alkyl halides is 2. The maximum absolute atomic E-state index is 14.5. The lowest BCUT2D eigenvalue weighted by Gasteiger charge is -2.33. The van der Waals surface area contributed by atoms with E-state index in [4.69, 9.17) is 4.74 Å². The molecule has 1 nitrogen and oxygen atoms in total. The predicted octanol–water partition coefficient (Wildman–Crippen LogP) is 4.68. The summed E-state index contributed by atoms with van der Waals surface area (Å²) in [6.07, 6.45) is 1.53. The summed E-state index contributed by atoms with van der Waals surface area (Å²) in [4.78, 5) is 0. The molecule has 0 saturated carbocycles. The zero-order valence-corrected chi connectivity index (χ0v) is 11.1. The maximum atomic E-state index is 14.5. The Morgan fingerprint density at radius 1 is 1.19 bits per heavy atom. The lowest BCUT2D eigenvalue weighted by atomic mass is 9.82. The summed E-state index contributed by atoms with van der Waals surface area (Å²) < 4.78 is 61.3. The molecule has 1 aromatic carbocycles. The molecular weight excluding hydrogens is 284 g/mol. The van der Waals surface area contributed by atoms with Crippen molar-refractivity contribution in [3.05, 3.63) is 34.9 Å². The summed E-state index contributed by atoms with van der Waals surface area (Å²) in [5.74, 6) is -7.24. The zero-order valence-electron chi connectivity index (χ0n) is 11.1. The SMILES string of the molecule is C.CC1CCC(C2Cc3ccc(F)c(F)c3C2(F)F)CO1. The van der Waals surface area contributed by atoms with Gasteiger partial charge >= 0.3 is 0 Å². The van der Waals surface area contributed by atoms with Crippen LogP contribution in [0.5, 0.6) is 0 Å². The normalized spacial score (nSPS) is 30.6. The van der Waals surface area contributed by atoms with Gasteiger partial charge in [0.25, 0.3) is 5.92 Å². The maximum Gasteiger partial charge on any atom is 0.279 e. The van der Waals surface area contributed by atoms with Crippen LogP contribution >= 0.6 is 0 Å². The van der Waals surface area contributed by atoms with E-state index in [1.54, 1.807) is 0 Å².